The van der Waals surface area contributed by atoms with Crippen LogP contribution in [0.3, 0.4) is 0 Å². The number of carbonyl (C=O) groups is 1. The number of anilines is 1. The van der Waals surface area contributed by atoms with E-state index in [1.807, 2.05) is 6.92 Å². The monoisotopic (exact) mass is 319 g/mol. The zero-order valence-corrected chi connectivity index (χ0v) is 13.1. The minimum atomic E-state index is -1.12. The number of nitrogens with zero attached hydrogens (tertiary/aromatic N) is 4. The molecule has 0 aliphatic heterocycles. The van der Waals surface area contributed by atoms with Crippen molar-refractivity contribution in [2.45, 2.75) is 26.9 Å². The van der Waals surface area contributed by atoms with Gasteiger partial charge in [0.15, 0.2) is 0 Å². The van der Waals surface area contributed by atoms with E-state index < -0.39 is 6.17 Å². The molecule has 3 aromatic rings. The van der Waals surface area contributed by atoms with Gasteiger partial charge in [-0.05, 0) is 13.8 Å². The standard InChI is InChI=1S/C14H14FN5OS/c1-7(15)13-8(2)22-14(19-13)20-11-4-12(18-9(3)21)16-5-10(11)6-17-20/h4-7H,1-3H3,(H,16,18,21). The van der Waals surface area contributed by atoms with Gasteiger partial charge in [-0.15, -0.1) is 0 Å². The number of halogens is 1. The third kappa shape index (κ3) is 2.57. The van der Waals surface area contributed by atoms with Crippen LogP contribution in [0.15, 0.2) is 18.5 Å². The third-order valence-electron chi connectivity index (χ3n) is 3.14. The van der Waals surface area contributed by atoms with E-state index in [4.69, 9.17) is 0 Å². The fourth-order valence-electron chi connectivity index (χ4n) is 2.17. The van der Waals surface area contributed by atoms with Gasteiger partial charge in [-0.1, -0.05) is 11.3 Å². The number of aromatic nitrogens is 4. The summed E-state index contributed by atoms with van der Waals surface area (Å²) in [6.45, 7) is 4.72. The zero-order valence-electron chi connectivity index (χ0n) is 12.3. The summed E-state index contributed by atoms with van der Waals surface area (Å²) in [5, 5.41) is 8.33. The van der Waals surface area contributed by atoms with E-state index in [0.29, 0.717) is 16.6 Å². The number of fused-ring (bicyclic) bond motifs is 1. The van der Waals surface area contributed by atoms with Gasteiger partial charge in [-0.3, -0.25) is 4.79 Å². The normalized spacial score (nSPS) is 12.5. The second kappa shape index (κ2) is 5.45. The number of hydrogen-bond donors (Lipinski definition) is 1. The van der Waals surface area contributed by atoms with E-state index in [0.717, 1.165) is 15.8 Å². The highest BCUT2D eigenvalue weighted by molar-refractivity contribution is 7.14. The molecule has 1 atom stereocenters. The first-order chi connectivity index (χ1) is 10.5. The molecule has 0 bridgehead atoms. The van der Waals surface area contributed by atoms with Crippen LogP contribution in [-0.4, -0.2) is 25.7 Å². The maximum Gasteiger partial charge on any atom is 0.222 e. The summed E-state index contributed by atoms with van der Waals surface area (Å²) in [7, 11) is 0. The lowest BCUT2D eigenvalue weighted by Crippen LogP contribution is -2.07. The molecule has 0 spiro atoms. The van der Waals surface area contributed by atoms with Gasteiger partial charge in [-0.25, -0.2) is 19.0 Å². The fourth-order valence-corrected chi connectivity index (χ4v) is 3.14. The molecular formula is C14H14FN5OS. The highest BCUT2D eigenvalue weighted by atomic mass is 32.1. The van der Waals surface area contributed by atoms with Crippen LogP contribution in [0.4, 0.5) is 10.2 Å². The number of amides is 1. The quantitative estimate of drug-likeness (QED) is 0.805. The molecule has 1 amide bonds. The van der Waals surface area contributed by atoms with Crippen molar-refractivity contribution in [3.63, 3.8) is 0 Å². The van der Waals surface area contributed by atoms with Gasteiger partial charge < -0.3 is 5.32 Å². The van der Waals surface area contributed by atoms with E-state index in [1.54, 1.807) is 23.1 Å². The third-order valence-corrected chi connectivity index (χ3v) is 4.10. The first-order valence-corrected chi connectivity index (χ1v) is 7.50. The molecule has 3 rings (SSSR count). The van der Waals surface area contributed by atoms with Crippen LogP contribution >= 0.6 is 11.3 Å². The number of pyridine rings is 1. The Morgan fingerprint density at radius 2 is 2.23 bits per heavy atom. The Bertz CT molecular complexity index is 854. The highest BCUT2D eigenvalue weighted by Crippen LogP contribution is 2.29. The van der Waals surface area contributed by atoms with Gasteiger partial charge >= 0.3 is 0 Å². The van der Waals surface area contributed by atoms with Crippen LogP contribution in [0, 0.1) is 6.92 Å². The minimum Gasteiger partial charge on any atom is -0.311 e. The van der Waals surface area contributed by atoms with Gasteiger partial charge in [0.25, 0.3) is 0 Å². The Balaban J connectivity index is 2.10. The smallest absolute Gasteiger partial charge is 0.222 e. The molecule has 0 radical (unpaired) electrons. The van der Waals surface area contributed by atoms with Crippen LogP contribution in [0.25, 0.3) is 16.0 Å². The Hall–Kier alpha value is -2.35. The maximum absolute atomic E-state index is 13.5. The number of aryl methyl sites for hydroxylation is 1. The van der Waals surface area contributed by atoms with Crippen molar-refractivity contribution in [1.29, 1.82) is 0 Å². The van der Waals surface area contributed by atoms with Crippen molar-refractivity contribution in [3.05, 3.63) is 29.0 Å². The van der Waals surface area contributed by atoms with Gasteiger partial charge in [0.2, 0.25) is 11.0 Å². The largest absolute Gasteiger partial charge is 0.311 e. The van der Waals surface area contributed by atoms with Crippen molar-refractivity contribution in [2.24, 2.45) is 0 Å². The first kappa shape index (κ1) is 14.6. The Morgan fingerprint density at radius 1 is 1.45 bits per heavy atom. The second-order valence-electron chi connectivity index (χ2n) is 4.92. The number of thiazole rings is 1. The van der Waals surface area contributed by atoms with Crippen LogP contribution in [0.2, 0.25) is 0 Å². The number of hydrogen-bond acceptors (Lipinski definition) is 5. The van der Waals surface area contributed by atoms with Crippen LogP contribution in [0.5, 0.6) is 0 Å². The number of alkyl halides is 1. The van der Waals surface area contributed by atoms with Crippen molar-refractivity contribution < 1.29 is 9.18 Å². The van der Waals surface area contributed by atoms with Crippen molar-refractivity contribution in [1.82, 2.24) is 19.7 Å². The predicted molar refractivity (Wildman–Crippen MR) is 83.1 cm³/mol. The molecule has 6 nitrogen and oxygen atoms in total. The van der Waals surface area contributed by atoms with Crippen LogP contribution in [0.1, 0.15) is 30.6 Å². The molecule has 114 valence electrons. The van der Waals surface area contributed by atoms with Gasteiger partial charge in [0.05, 0.1) is 17.4 Å². The van der Waals surface area contributed by atoms with E-state index in [2.05, 4.69) is 20.4 Å². The minimum absolute atomic E-state index is 0.198. The fraction of sp³-hybridized carbons (Fsp3) is 0.286. The summed E-state index contributed by atoms with van der Waals surface area (Å²) in [4.78, 5) is 20.4. The van der Waals surface area contributed by atoms with E-state index in [9.17, 15) is 9.18 Å². The number of nitrogens with one attached hydrogen (secondary N) is 1. The van der Waals surface area contributed by atoms with Crippen molar-refractivity contribution in [3.8, 4) is 5.13 Å². The summed E-state index contributed by atoms with van der Waals surface area (Å²) in [6, 6.07) is 1.72. The average Bonchev–Trinajstić information content (AvgIpc) is 3.01. The molecule has 3 heterocycles. The topological polar surface area (TPSA) is 72.7 Å². The molecule has 0 saturated heterocycles. The van der Waals surface area contributed by atoms with Gasteiger partial charge in [0.1, 0.15) is 12.0 Å². The number of rotatable bonds is 3. The van der Waals surface area contributed by atoms with Crippen molar-refractivity contribution >= 4 is 34.0 Å². The van der Waals surface area contributed by atoms with Gasteiger partial charge in [-0.2, -0.15) is 5.10 Å². The molecule has 0 aliphatic carbocycles. The molecule has 3 aromatic heterocycles. The summed E-state index contributed by atoms with van der Waals surface area (Å²) in [5.74, 6) is 0.241. The molecule has 0 aromatic carbocycles. The van der Waals surface area contributed by atoms with E-state index in [-0.39, 0.29) is 5.91 Å². The maximum atomic E-state index is 13.5. The van der Waals surface area contributed by atoms with Crippen molar-refractivity contribution in [2.75, 3.05) is 5.32 Å². The lowest BCUT2D eigenvalue weighted by Gasteiger charge is -2.02. The Kier molecular flexibility index (Phi) is 3.61. The SMILES string of the molecule is CC(=O)Nc1cc2c(cn1)cnn2-c1nc(C(C)F)c(C)s1. The second-order valence-corrected chi connectivity index (χ2v) is 6.10. The number of carbonyl (C=O) groups excluding carboxylic acids is 1. The molecule has 0 fully saturated rings. The molecule has 0 aliphatic rings. The average molecular weight is 319 g/mol. The predicted octanol–water partition coefficient (Wildman–Crippen LogP) is 3.17. The van der Waals surface area contributed by atoms with E-state index >= 15 is 0 Å². The molecule has 8 heteroatoms. The lowest BCUT2D eigenvalue weighted by molar-refractivity contribution is -0.114. The zero-order chi connectivity index (χ0) is 15.9. The molecule has 1 unspecified atom stereocenters. The molecular weight excluding hydrogens is 305 g/mol. The highest BCUT2D eigenvalue weighted by Gasteiger charge is 2.16. The molecule has 0 saturated carbocycles. The first-order valence-electron chi connectivity index (χ1n) is 6.69. The summed E-state index contributed by atoms with van der Waals surface area (Å²) < 4.78 is 15.2. The summed E-state index contributed by atoms with van der Waals surface area (Å²) >= 11 is 1.38. The van der Waals surface area contributed by atoms with Crippen LogP contribution in [-0.2, 0) is 4.79 Å². The van der Waals surface area contributed by atoms with Crippen LogP contribution < -0.4 is 5.32 Å². The molecule has 22 heavy (non-hydrogen) atoms. The van der Waals surface area contributed by atoms with E-state index in [1.165, 1.54) is 25.2 Å². The lowest BCUT2D eigenvalue weighted by atomic mass is 10.3. The summed E-state index contributed by atoms with van der Waals surface area (Å²) in [6.07, 6.45) is 2.17. The Labute approximate surface area is 130 Å². The summed E-state index contributed by atoms with van der Waals surface area (Å²) in [5.41, 5.74) is 1.19. The molecule has 1 N–H and O–H groups in total. The van der Waals surface area contributed by atoms with Gasteiger partial charge in [0, 0.05) is 29.5 Å². The Morgan fingerprint density at radius 3 is 2.86 bits per heavy atom.